The lowest BCUT2D eigenvalue weighted by atomic mass is 10.1. The van der Waals surface area contributed by atoms with E-state index in [1.165, 1.54) is 0 Å². The van der Waals surface area contributed by atoms with Crippen LogP contribution >= 0.6 is 0 Å². The van der Waals surface area contributed by atoms with E-state index in [0.717, 1.165) is 5.56 Å². The number of carbonyl (C=O) groups is 1. The largest absolute Gasteiger partial charge is 0.423 e. The maximum atomic E-state index is 11.7. The summed E-state index contributed by atoms with van der Waals surface area (Å²) in [5, 5.41) is 8.89. The smallest absolute Gasteiger partial charge is 0.343 e. The Balaban J connectivity index is 2.09. The number of ether oxygens (including phenoxy) is 1. The predicted octanol–water partition coefficient (Wildman–Crippen LogP) is 2.40. The van der Waals surface area contributed by atoms with Crippen molar-refractivity contribution in [2.75, 3.05) is 0 Å². The number of para-hydroxylation sites is 1. The number of esters is 1. The molecule has 0 heterocycles. The molecule has 2 aromatic carbocycles. The molecule has 0 aliphatic rings. The molecule has 0 bridgehead atoms. The van der Waals surface area contributed by atoms with Crippen LogP contribution in [0, 0.1) is 0 Å². The summed E-state index contributed by atoms with van der Waals surface area (Å²) in [7, 11) is 0. The highest BCUT2D eigenvalue weighted by atomic mass is 16.5. The van der Waals surface area contributed by atoms with Crippen LogP contribution in [-0.4, -0.2) is 11.1 Å². The summed E-state index contributed by atoms with van der Waals surface area (Å²) in [5.41, 5.74) is 1.23. The van der Waals surface area contributed by atoms with Crippen LogP contribution in [0.3, 0.4) is 0 Å². The Kier molecular flexibility index (Phi) is 3.52. The average molecular weight is 228 g/mol. The van der Waals surface area contributed by atoms with E-state index in [1.54, 1.807) is 48.5 Å². The number of carbonyl (C=O) groups excluding carboxylic acids is 1. The second-order valence-corrected chi connectivity index (χ2v) is 3.56. The summed E-state index contributed by atoms with van der Waals surface area (Å²) in [6.07, 6.45) is 0. The minimum atomic E-state index is -0.402. The van der Waals surface area contributed by atoms with E-state index in [1.807, 2.05) is 6.07 Å². The van der Waals surface area contributed by atoms with Crippen LogP contribution in [0.5, 0.6) is 5.75 Å². The third-order valence-electron chi connectivity index (χ3n) is 2.33. The summed E-state index contributed by atoms with van der Waals surface area (Å²) in [6.45, 7) is -0.0337. The van der Waals surface area contributed by atoms with Crippen molar-refractivity contribution in [1.82, 2.24) is 0 Å². The molecule has 0 radical (unpaired) electrons. The maximum absolute atomic E-state index is 11.7. The summed E-state index contributed by atoms with van der Waals surface area (Å²) in [4.78, 5) is 11.7. The molecule has 0 spiro atoms. The maximum Gasteiger partial charge on any atom is 0.343 e. The van der Waals surface area contributed by atoms with E-state index >= 15 is 0 Å². The Morgan fingerprint density at radius 3 is 2.24 bits per heavy atom. The molecule has 0 saturated carbocycles. The first kappa shape index (κ1) is 11.4. The van der Waals surface area contributed by atoms with Gasteiger partial charge in [0.25, 0.3) is 0 Å². The third kappa shape index (κ3) is 2.92. The third-order valence-corrected chi connectivity index (χ3v) is 2.33. The zero-order valence-corrected chi connectivity index (χ0v) is 9.17. The zero-order valence-electron chi connectivity index (χ0n) is 9.17. The Labute approximate surface area is 99.3 Å². The Hall–Kier alpha value is -2.13. The Morgan fingerprint density at radius 1 is 1.00 bits per heavy atom. The number of aliphatic hydroxyl groups excluding tert-OH is 1. The lowest BCUT2D eigenvalue weighted by Crippen LogP contribution is -2.08. The molecule has 3 heteroatoms. The van der Waals surface area contributed by atoms with E-state index in [-0.39, 0.29) is 6.61 Å². The highest BCUT2D eigenvalue weighted by Crippen LogP contribution is 2.12. The molecule has 0 aliphatic carbocycles. The van der Waals surface area contributed by atoms with Crippen molar-refractivity contribution < 1.29 is 14.6 Å². The van der Waals surface area contributed by atoms with Crippen molar-refractivity contribution in [3.8, 4) is 5.75 Å². The van der Waals surface area contributed by atoms with Crippen molar-refractivity contribution in [3.63, 3.8) is 0 Å². The number of rotatable bonds is 3. The summed E-state index contributed by atoms with van der Waals surface area (Å²) in [5.74, 6) is 0.115. The van der Waals surface area contributed by atoms with Gasteiger partial charge in [0.15, 0.2) is 0 Å². The van der Waals surface area contributed by atoms with E-state index in [9.17, 15) is 4.79 Å². The fourth-order valence-electron chi connectivity index (χ4n) is 1.40. The van der Waals surface area contributed by atoms with Crippen LogP contribution in [0.1, 0.15) is 15.9 Å². The molecule has 1 N–H and O–H groups in total. The molecule has 2 rings (SSSR count). The standard InChI is InChI=1S/C14H12O3/c15-10-11-6-8-12(9-7-11)14(16)17-13-4-2-1-3-5-13/h1-9,15H,10H2. The number of hydrogen-bond donors (Lipinski definition) is 1. The minimum Gasteiger partial charge on any atom is -0.423 e. The molecule has 0 unspecified atom stereocenters. The molecule has 0 aliphatic heterocycles. The van der Waals surface area contributed by atoms with Crippen LogP contribution < -0.4 is 4.74 Å². The second kappa shape index (κ2) is 5.27. The fraction of sp³-hybridized carbons (Fsp3) is 0.0714. The molecule has 0 amide bonds. The van der Waals surface area contributed by atoms with Gasteiger partial charge in [0.1, 0.15) is 5.75 Å². The monoisotopic (exact) mass is 228 g/mol. The Bertz CT molecular complexity index is 489. The van der Waals surface area contributed by atoms with Gasteiger partial charge < -0.3 is 9.84 Å². The predicted molar refractivity (Wildman–Crippen MR) is 63.8 cm³/mol. The number of hydrogen-bond acceptors (Lipinski definition) is 3. The summed E-state index contributed by atoms with van der Waals surface area (Å²) < 4.78 is 5.17. The molecule has 0 fully saturated rings. The first-order chi connectivity index (χ1) is 8.29. The second-order valence-electron chi connectivity index (χ2n) is 3.56. The molecule has 3 nitrogen and oxygen atoms in total. The molecule has 0 atom stereocenters. The van der Waals surface area contributed by atoms with Crippen LogP contribution in [0.4, 0.5) is 0 Å². The van der Waals surface area contributed by atoms with Gasteiger partial charge in [-0.3, -0.25) is 0 Å². The van der Waals surface area contributed by atoms with E-state index < -0.39 is 5.97 Å². The SMILES string of the molecule is O=C(Oc1ccccc1)c1ccc(CO)cc1. The van der Waals surface area contributed by atoms with Gasteiger partial charge in [-0.05, 0) is 29.8 Å². The van der Waals surface area contributed by atoms with Crippen molar-refractivity contribution in [3.05, 3.63) is 65.7 Å². The zero-order chi connectivity index (χ0) is 12.1. The van der Waals surface area contributed by atoms with Gasteiger partial charge in [0, 0.05) is 0 Å². The lowest BCUT2D eigenvalue weighted by molar-refractivity contribution is 0.0734. The molecule has 17 heavy (non-hydrogen) atoms. The van der Waals surface area contributed by atoms with E-state index in [2.05, 4.69) is 0 Å². The Morgan fingerprint density at radius 2 is 1.65 bits per heavy atom. The van der Waals surface area contributed by atoms with Gasteiger partial charge in [-0.15, -0.1) is 0 Å². The summed E-state index contributed by atoms with van der Waals surface area (Å²) in [6, 6.07) is 15.6. The van der Waals surface area contributed by atoms with Crippen LogP contribution in [0.2, 0.25) is 0 Å². The fourth-order valence-corrected chi connectivity index (χ4v) is 1.40. The lowest BCUT2D eigenvalue weighted by Gasteiger charge is -2.04. The van der Waals surface area contributed by atoms with E-state index in [4.69, 9.17) is 9.84 Å². The summed E-state index contributed by atoms with van der Waals surface area (Å²) >= 11 is 0. The number of aliphatic hydroxyl groups is 1. The highest BCUT2D eigenvalue weighted by molar-refractivity contribution is 5.91. The first-order valence-corrected chi connectivity index (χ1v) is 5.26. The van der Waals surface area contributed by atoms with Gasteiger partial charge in [0.2, 0.25) is 0 Å². The molecular formula is C14H12O3. The first-order valence-electron chi connectivity index (χ1n) is 5.26. The van der Waals surface area contributed by atoms with Gasteiger partial charge >= 0.3 is 5.97 Å². The molecular weight excluding hydrogens is 216 g/mol. The molecule has 0 saturated heterocycles. The van der Waals surface area contributed by atoms with Crippen molar-refractivity contribution in [1.29, 1.82) is 0 Å². The molecule has 0 aromatic heterocycles. The van der Waals surface area contributed by atoms with Crippen LogP contribution in [-0.2, 0) is 6.61 Å². The topological polar surface area (TPSA) is 46.5 Å². The van der Waals surface area contributed by atoms with Gasteiger partial charge in [-0.2, -0.15) is 0 Å². The van der Waals surface area contributed by atoms with Crippen molar-refractivity contribution in [2.24, 2.45) is 0 Å². The molecule has 86 valence electrons. The van der Waals surface area contributed by atoms with Crippen molar-refractivity contribution in [2.45, 2.75) is 6.61 Å². The van der Waals surface area contributed by atoms with Crippen molar-refractivity contribution >= 4 is 5.97 Å². The minimum absolute atomic E-state index is 0.0337. The highest BCUT2D eigenvalue weighted by Gasteiger charge is 2.07. The van der Waals surface area contributed by atoms with E-state index in [0.29, 0.717) is 11.3 Å². The van der Waals surface area contributed by atoms with Gasteiger partial charge in [0.05, 0.1) is 12.2 Å². The quantitative estimate of drug-likeness (QED) is 0.648. The molecule has 2 aromatic rings. The average Bonchev–Trinajstić information content (AvgIpc) is 2.40. The van der Waals surface area contributed by atoms with Crippen LogP contribution in [0.25, 0.3) is 0 Å². The van der Waals surface area contributed by atoms with Gasteiger partial charge in [-0.25, -0.2) is 4.79 Å². The van der Waals surface area contributed by atoms with Crippen LogP contribution in [0.15, 0.2) is 54.6 Å². The number of benzene rings is 2. The normalized spacial score (nSPS) is 9.94. The van der Waals surface area contributed by atoms with Gasteiger partial charge in [-0.1, -0.05) is 30.3 Å².